The first-order valence-electron chi connectivity index (χ1n) is 7.34. The lowest BCUT2D eigenvalue weighted by Gasteiger charge is -2.19. The van der Waals surface area contributed by atoms with Crippen molar-refractivity contribution in [2.75, 3.05) is 23.7 Å². The molecule has 2 amide bonds. The van der Waals surface area contributed by atoms with Gasteiger partial charge < -0.3 is 20.7 Å². The Hall–Kier alpha value is -2.24. The quantitative estimate of drug-likeness (QED) is 0.706. The lowest BCUT2D eigenvalue weighted by Crippen LogP contribution is -2.33. The Kier molecular flexibility index (Phi) is 6.69. The van der Waals surface area contributed by atoms with E-state index in [4.69, 9.17) is 4.74 Å². The van der Waals surface area contributed by atoms with E-state index >= 15 is 0 Å². The molecule has 6 nitrogen and oxygen atoms in total. The molecule has 6 heteroatoms. The zero-order valence-electron chi connectivity index (χ0n) is 13.7. The highest BCUT2D eigenvalue weighted by Gasteiger charge is 2.15. The largest absolute Gasteiger partial charge is 0.444 e. The number of rotatable bonds is 6. The molecule has 1 aromatic carbocycles. The Morgan fingerprint density at radius 2 is 1.64 bits per heavy atom. The van der Waals surface area contributed by atoms with Gasteiger partial charge in [0.1, 0.15) is 5.60 Å². The highest BCUT2D eigenvalue weighted by Crippen LogP contribution is 2.13. The van der Waals surface area contributed by atoms with E-state index in [1.165, 1.54) is 6.92 Å². The number of benzene rings is 1. The Balaban J connectivity index is 2.19. The van der Waals surface area contributed by atoms with Crippen molar-refractivity contribution < 1.29 is 14.3 Å². The maximum atomic E-state index is 11.4. The van der Waals surface area contributed by atoms with Gasteiger partial charge in [0, 0.05) is 31.4 Å². The molecule has 0 unspecified atom stereocenters. The summed E-state index contributed by atoms with van der Waals surface area (Å²) >= 11 is 0. The van der Waals surface area contributed by atoms with Crippen LogP contribution in [0, 0.1) is 0 Å². The van der Waals surface area contributed by atoms with Gasteiger partial charge in [0.25, 0.3) is 0 Å². The van der Waals surface area contributed by atoms with Crippen LogP contribution < -0.4 is 16.0 Å². The molecule has 0 saturated heterocycles. The van der Waals surface area contributed by atoms with Gasteiger partial charge in [-0.3, -0.25) is 4.79 Å². The van der Waals surface area contributed by atoms with Crippen molar-refractivity contribution >= 4 is 23.4 Å². The lowest BCUT2D eigenvalue weighted by molar-refractivity contribution is -0.114. The molecule has 1 rings (SSSR count). The molecular formula is C16H25N3O3. The van der Waals surface area contributed by atoms with E-state index in [9.17, 15) is 9.59 Å². The van der Waals surface area contributed by atoms with Crippen LogP contribution >= 0.6 is 0 Å². The van der Waals surface area contributed by atoms with Crippen LogP contribution in [0.25, 0.3) is 0 Å². The predicted molar refractivity (Wildman–Crippen MR) is 88.1 cm³/mol. The van der Waals surface area contributed by atoms with Crippen molar-refractivity contribution in [2.24, 2.45) is 0 Å². The number of ether oxygens (including phenoxy) is 1. The standard InChI is InChI=1S/C16H25N3O3/c1-12(20)19-14-8-6-13(7-9-14)17-10-5-11-18-15(21)22-16(2,3)4/h6-9,17H,5,10-11H2,1-4H3,(H,18,21)(H,19,20). The second kappa shape index (κ2) is 8.26. The molecule has 0 bridgehead atoms. The maximum Gasteiger partial charge on any atom is 0.407 e. The molecule has 3 N–H and O–H groups in total. The number of hydrogen-bond donors (Lipinski definition) is 3. The van der Waals surface area contributed by atoms with Crippen LogP contribution in [0.4, 0.5) is 16.2 Å². The highest BCUT2D eigenvalue weighted by molar-refractivity contribution is 5.88. The predicted octanol–water partition coefficient (Wildman–Crippen LogP) is 2.97. The van der Waals surface area contributed by atoms with Crippen molar-refractivity contribution in [3.8, 4) is 0 Å². The number of carbonyl (C=O) groups is 2. The fourth-order valence-corrected chi connectivity index (χ4v) is 1.70. The van der Waals surface area contributed by atoms with Gasteiger partial charge in [0.2, 0.25) is 5.91 Å². The Bertz CT molecular complexity index is 492. The van der Waals surface area contributed by atoms with Gasteiger partial charge in [0.05, 0.1) is 0 Å². The summed E-state index contributed by atoms with van der Waals surface area (Å²) in [6, 6.07) is 7.46. The summed E-state index contributed by atoms with van der Waals surface area (Å²) in [5.41, 5.74) is 1.26. The minimum absolute atomic E-state index is 0.0890. The molecule has 0 radical (unpaired) electrons. The minimum atomic E-state index is -0.474. The molecule has 0 aromatic heterocycles. The van der Waals surface area contributed by atoms with Gasteiger partial charge in [-0.2, -0.15) is 0 Å². The average molecular weight is 307 g/mol. The molecule has 0 heterocycles. The lowest BCUT2D eigenvalue weighted by atomic mass is 10.2. The number of nitrogens with one attached hydrogen (secondary N) is 3. The van der Waals surface area contributed by atoms with E-state index in [0.29, 0.717) is 6.54 Å². The number of amides is 2. The third-order valence-electron chi connectivity index (χ3n) is 2.56. The van der Waals surface area contributed by atoms with Crippen LogP contribution in [0.5, 0.6) is 0 Å². The number of alkyl carbamates (subject to hydrolysis) is 1. The molecule has 0 aliphatic heterocycles. The van der Waals surface area contributed by atoms with E-state index in [1.54, 1.807) is 0 Å². The van der Waals surface area contributed by atoms with Crippen molar-refractivity contribution in [2.45, 2.75) is 39.7 Å². The molecule has 0 fully saturated rings. The average Bonchev–Trinajstić information content (AvgIpc) is 2.37. The zero-order valence-corrected chi connectivity index (χ0v) is 13.7. The molecule has 22 heavy (non-hydrogen) atoms. The molecular weight excluding hydrogens is 282 g/mol. The smallest absolute Gasteiger partial charge is 0.407 e. The van der Waals surface area contributed by atoms with E-state index in [2.05, 4.69) is 16.0 Å². The van der Waals surface area contributed by atoms with Crippen LogP contribution in [0.1, 0.15) is 34.1 Å². The Labute approximate surface area is 131 Å². The highest BCUT2D eigenvalue weighted by atomic mass is 16.6. The summed E-state index contributed by atoms with van der Waals surface area (Å²) in [5, 5.41) is 8.66. The van der Waals surface area contributed by atoms with Crippen LogP contribution in [0.15, 0.2) is 24.3 Å². The Morgan fingerprint density at radius 1 is 1.05 bits per heavy atom. The van der Waals surface area contributed by atoms with E-state index in [1.807, 2.05) is 45.0 Å². The van der Waals surface area contributed by atoms with E-state index in [0.717, 1.165) is 24.3 Å². The van der Waals surface area contributed by atoms with E-state index < -0.39 is 11.7 Å². The van der Waals surface area contributed by atoms with Gasteiger partial charge in [-0.1, -0.05) is 0 Å². The third-order valence-corrected chi connectivity index (χ3v) is 2.56. The van der Waals surface area contributed by atoms with E-state index in [-0.39, 0.29) is 5.91 Å². The fourth-order valence-electron chi connectivity index (χ4n) is 1.70. The molecule has 0 atom stereocenters. The van der Waals surface area contributed by atoms with Gasteiger partial charge >= 0.3 is 6.09 Å². The summed E-state index contributed by atoms with van der Waals surface area (Å²) in [6.07, 6.45) is 0.388. The van der Waals surface area contributed by atoms with Gasteiger partial charge in [-0.15, -0.1) is 0 Å². The van der Waals surface area contributed by atoms with Crippen molar-refractivity contribution in [3.63, 3.8) is 0 Å². The van der Waals surface area contributed by atoms with Crippen LogP contribution in [-0.4, -0.2) is 30.7 Å². The monoisotopic (exact) mass is 307 g/mol. The molecule has 1 aromatic rings. The Morgan fingerprint density at radius 3 is 2.18 bits per heavy atom. The number of anilines is 2. The molecule has 0 aliphatic rings. The van der Waals surface area contributed by atoms with Gasteiger partial charge in [-0.25, -0.2) is 4.79 Å². The second-order valence-electron chi connectivity index (χ2n) is 5.97. The normalized spacial score (nSPS) is 10.7. The minimum Gasteiger partial charge on any atom is -0.444 e. The zero-order chi connectivity index (χ0) is 16.6. The number of carbonyl (C=O) groups excluding carboxylic acids is 2. The first-order valence-corrected chi connectivity index (χ1v) is 7.34. The summed E-state index contributed by atoms with van der Waals surface area (Å²) in [7, 11) is 0. The topological polar surface area (TPSA) is 79.5 Å². The first kappa shape index (κ1) is 17.8. The molecule has 122 valence electrons. The second-order valence-corrected chi connectivity index (χ2v) is 5.97. The van der Waals surface area contributed by atoms with Crippen LogP contribution in [0.3, 0.4) is 0 Å². The summed E-state index contributed by atoms with van der Waals surface area (Å²) < 4.78 is 5.14. The summed E-state index contributed by atoms with van der Waals surface area (Å²) in [6.45, 7) is 8.25. The van der Waals surface area contributed by atoms with Crippen molar-refractivity contribution in [1.82, 2.24) is 5.32 Å². The van der Waals surface area contributed by atoms with Crippen molar-refractivity contribution in [1.29, 1.82) is 0 Å². The van der Waals surface area contributed by atoms with Crippen molar-refractivity contribution in [3.05, 3.63) is 24.3 Å². The number of hydrogen-bond acceptors (Lipinski definition) is 4. The van der Waals surface area contributed by atoms with Crippen LogP contribution in [0.2, 0.25) is 0 Å². The molecule has 0 saturated carbocycles. The maximum absolute atomic E-state index is 11.4. The molecule has 0 aliphatic carbocycles. The van der Waals surface area contributed by atoms with Crippen LogP contribution in [-0.2, 0) is 9.53 Å². The summed E-state index contributed by atoms with van der Waals surface area (Å²) in [4.78, 5) is 22.3. The van der Waals surface area contributed by atoms with Gasteiger partial charge in [-0.05, 0) is 51.5 Å². The molecule has 0 spiro atoms. The summed E-state index contributed by atoms with van der Waals surface area (Å²) in [5.74, 6) is -0.0890. The third kappa shape index (κ3) is 8.14. The first-order chi connectivity index (χ1) is 10.3. The van der Waals surface area contributed by atoms with Gasteiger partial charge in [0.15, 0.2) is 0 Å². The SMILES string of the molecule is CC(=O)Nc1ccc(NCCCNC(=O)OC(C)(C)C)cc1. The fraction of sp³-hybridized carbons (Fsp3) is 0.500.